The number of anilines is 1. The standard InChI is InChI=1S/C14H20N2O2/c1-11(17)13-3-6-15-14(9-13)16-7-4-12(5-8-16)10-18-2/h3,6,9,12H,4-5,7-8,10H2,1-2H3. The van der Waals surface area contributed by atoms with Crippen molar-refractivity contribution >= 4 is 11.6 Å². The number of carbonyl (C=O) groups is 1. The van der Waals surface area contributed by atoms with Crippen LogP contribution in [-0.2, 0) is 4.74 Å². The van der Waals surface area contributed by atoms with Crippen molar-refractivity contribution in [3.63, 3.8) is 0 Å². The largest absolute Gasteiger partial charge is 0.384 e. The highest BCUT2D eigenvalue weighted by atomic mass is 16.5. The molecule has 1 aromatic rings. The average molecular weight is 248 g/mol. The Balaban J connectivity index is 2.01. The number of rotatable bonds is 4. The van der Waals surface area contributed by atoms with E-state index >= 15 is 0 Å². The summed E-state index contributed by atoms with van der Waals surface area (Å²) in [4.78, 5) is 18.0. The van der Waals surface area contributed by atoms with E-state index in [1.165, 1.54) is 0 Å². The van der Waals surface area contributed by atoms with Crippen LogP contribution in [0.1, 0.15) is 30.1 Å². The molecular weight excluding hydrogens is 228 g/mol. The van der Waals surface area contributed by atoms with Crippen LogP contribution in [0.4, 0.5) is 5.82 Å². The zero-order valence-corrected chi connectivity index (χ0v) is 11.1. The molecule has 18 heavy (non-hydrogen) atoms. The van der Waals surface area contributed by atoms with E-state index in [4.69, 9.17) is 4.74 Å². The van der Waals surface area contributed by atoms with Gasteiger partial charge >= 0.3 is 0 Å². The molecule has 0 saturated carbocycles. The average Bonchev–Trinajstić information content (AvgIpc) is 2.40. The first-order valence-electron chi connectivity index (χ1n) is 6.41. The van der Waals surface area contributed by atoms with E-state index in [1.807, 2.05) is 6.07 Å². The van der Waals surface area contributed by atoms with Gasteiger partial charge in [-0.05, 0) is 37.8 Å². The number of hydrogen-bond acceptors (Lipinski definition) is 4. The molecule has 2 rings (SSSR count). The second kappa shape index (κ2) is 5.96. The molecule has 2 heterocycles. The van der Waals surface area contributed by atoms with Gasteiger partial charge in [-0.2, -0.15) is 0 Å². The molecule has 1 aliphatic rings. The molecule has 4 heteroatoms. The van der Waals surface area contributed by atoms with Gasteiger partial charge in [-0.3, -0.25) is 4.79 Å². The summed E-state index contributed by atoms with van der Waals surface area (Å²) >= 11 is 0. The van der Waals surface area contributed by atoms with Crippen LogP contribution in [0.2, 0.25) is 0 Å². The third kappa shape index (κ3) is 3.07. The molecule has 0 bridgehead atoms. The Morgan fingerprint density at radius 2 is 2.22 bits per heavy atom. The maximum atomic E-state index is 11.4. The van der Waals surface area contributed by atoms with Crippen LogP contribution < -0.4 is 4.90 Å². The van der Waals surface area contributed by atoms with Gasteiger partial charge in [-0.25, -0.2) is 4.98 Å². The molecule has 4 nitrogen and oxygen atoms in total. The lowest BCUT2D eigenvalue weighted by Crippen LogP contribution is -2.35. The molecule has 1 aromatic heterocycles. The summed E-state index contributed by atoms with van der Waals surface area (Å²) < 4.78 is 5.19. The zero-order valence-electron chi connectivity index (χ0n) is 11.1. The molecule has 1 fully saturated rings. The van der Waals surface area contributed by atoms with Crippen LogP contribution in [-0.4, -0.2) is 37.6 Å². The van der Waals surface area contributed by atoms with Gasteiger partial charge in [0.05, 0.1) is 0 Å². The first-order valence-corrected chi connectivity index (χ1v) is 6.41. The lowest BCUT2D eigenvalue weighted by molar-refractivity contribution is 0.101. The summed E-state index contributed by atoms with van der Waals surface area (Å²) in [6.07, 6.45) is 3.97. The third-order valence-corrected chi connectivity index (χ3v) is 3.49. The van der Waals surface area contributed by atoms with Gasteiger partial charge < -0.3 is 9.64 Å². The highest BCUT2D eigenvalue weighted by molar-refractivity contribution is 5.94. The minimum Gasteiger partial charge on any atom is -0.384 e. The summed E-state index contributed by atoms with van der Waals surface area (Å²) in [5, 5.41) is 0. The van der Waals surface area contributed by atoms with E-state index in [1.54, 1.807) is 26.3 Å². The molecule has 0 aliphatic carbocycles. The Kier molecular flexibility index (Phi) is 4.31. The Bertz CT molecular complexity index is 412. The quantitative estimate of drug-likeness (QED) is 0.766. The van der Waals surface area contributed by atoms with E-state index in [0.29, 0.717) is 5.92 Å². The lowest BCUT2D eigenvalue weighted by Gasteiger charge is -2.32. The number of aromatic nitrogens is 1. The Labute approximate surface area is 108 Å². The van der Waals surface area contributed by atoms with Crippen molar-refractivity contribution in [3.8, 4) is 0 Å². The van der Waals surface area contributed by atoms with Crippen molar-refractivity contribution in [2.24, 2.45) is 5.92 Å². The fourth-order valence-electron chi connectivity index (χ4n) is 2.37. The molecule has 98 valence electrons. The summed E-state index contributed by atoms with van der Waals surface area (Å²) in [5.74, 6) is 1.66. The summed E-state index contributed by atoms with van der Waals surface area (Å²) in [6.45, 7) is 4.41. The SMILES string of the molecule is COCC1CCN(c2cc(C(C)=O)ccn2)CC1. The van der Waals surface area contributed by atoms with Gasteiger partial charge in [-0.1, -0.05) is 0 Å². The Morgan fingerprint density at radius 1 is 1.50 bits per heavy atom. The third-order valence-electron chi connectivity index (χ3n) is 3.49. The molecule has 0 amide bonds. The molecule has 0 radical (unpaired) electrons. The van der Waals surface area contributed by atoms with Crippen molar-refractivity contribution < 1.29 is 9.53 Å². The van der Waals surface area contributed by atoms with E-state index in [-0.39, 0.29) is 5.78 Å². The van der Waals surface area contributed by atoms with Crippen LogP contribution in [0.3, 0.4) is 0 Å². The van der Waals surface area contributed by atoms with E-state index < -0.39 is 0 Å². The molecule has 0 spiro atoms. The molecule has 0 aromatic carbocycles. The number of nitrogens with zero attached hydrogens (tertiary/aromatic N) is 2. The van der Waals surface area contributed by atoms with Crippen LogP contribution in [0, 0.1) is 5.92 Å². The number of pyridine rings is 1. The van der Waals surface area contributed by atoms with E-state index in [9.17, 15) is 4.79 Å². The van der Waals surface area contributed by atoms with Gasteiger partial charge in [0.1, 0.15) is 5.82 Å². The van der Waals surface area contributed by atoms with Crippen LogP contribution in [0.15, 0.2) is 18.3 Å². The highest BCUT2D eigenvalue weighted by Crippen LogP contribution is 2.22. The molecule has 0 atom stereocenters. The lowest BCUT2D eigenvalue weighted by atomic mass is 9.98. The first kappa shape index (κ1) is 13.0. The van der Waals surface area contributed by atoms with Crippen molar-refractivity contribution in [2.75, 3.05) is 31.7 Å². The van der Waals surface area contributed by atoms with Gasteiger partial charge in [0.15, 0.2) is 5.78 Å². The predicted molar refractivity (Wildman–Crippen MR) is 71.1 cm³/mol. The summed E-state index contributed by atoms with van der Waals surface area (Å²) in [7, 11) is 1.75. The van der Waals surface area contributed by atoms with Crippen LogP contribution >= 0.6 is 0 Å². The maximum Gasteiger partial charge on any atom is 0.159 e. The number of Topliss-reactive ketones (excluding diaryl/α,β-unsaturated/α-hetero) is 1. The number of ketones is 1. The maximum absolute atomic E-state index is 11.4. The van der Waals surface area contributed by atoms with E-state index in [0.717, 1.165) is 43.9 Å². The van der Waals surface area contributed by atoms with Gasteiger partial charge in [0.25, 0.3) is 0 Å². The fourth-order valence-corrected chi connectivity index (χ4v) is 2.37. The number of carbonyl (C=O) groups excluding carboxylic acids is 1. The van der Waals surface area contributed by atoms with Crippen LogP contribution in [0.25, 0.3) is 0 Å². The smallest absolute Gasteiger partial charge is 0.159 e. The predicted octanol–water partition coefficient (Wildman–Crippen LogP) is 2.15. The van der Waals surface area contributed by atoms with Gasteiger partial charge in [0, 0.05) is 38.6 Å². The monoisotopic (exact) mass is 248 g/mol. The highest BCUT2D eigenvalue weighted by Gasteiger charge is 2.20. The second-order valence-corrected chi connectivity index (χ2v) is 4.84. The molecule has 1 aliphatic heterocycles. The number of ether oxygens (including phenoxy) is 1. The minimum atomic E-state index is 0.0907. The molecule has 0 unspecified atom stereocenters. The summed E-state index contributed by atoms with van der Waals surface area (Å²) in [5.41, 5.74) is 0.735. The number of piperidine rings is 1. The molecule has 1 saturated heterocycles. The topological polar surface area (TPSA) is 42.4 Å². The Morgan fingerprint density at radius 3 is 2.83 bits per heavy atom. The van der Waals surface area contributed by atoms with E-state index in [2.05, 4.69) is 9.88 Å². The summed E-state index contributed by atoms with van der Waals surface area (Å²) in [6, 6.07) is 3.66. The van der Waals surface area contributed by atoms with Gasteiger partial charge in [0.2, 0.25) is 0 Å². The number of hydrogen-bond donors (Lipinski definition) is 0. The minimum absolute atomic E-state index is 0.0907. The van der Waals surface area contributed by atoms with Crippen molar-refractivity contribution in [3.05, 3.63) is 23.9 Å². The van der Waals surface area contributed by atoms with Crippen molar-refractivity contribution in [1.29, 1.82) is 0 Å². The van der Waals surface area contributed by atoms with Crippen LogP contribution in [0.5, 0.6) is 0 Å². The second-order valence-electron chi connectivity index (χ2n) is 4.84. The molecular formula is C14H20N2O2. The van der Waals surface area contributed by atoms with Crippen molar-refractivity contribution in [1.82, 2.24) is 4.98 Å². The first-order chi connectivity index (χ1) is 8.70. The normalized spacial score (nSPS) is 16.9. The Hall–Kier alpha value is -1.42. The zero-order chi connectivity index (χ0) is 13.0. The van der Waals surface area contributed by atoms with Gasteiger partial charge in [-0.15, -0.1) is 0 Å². The van der Waals surface area contributed by atoms with Crippen molar-refractivity contribution in [2.45, 2.75) is 19.8 Å². The fraction of sp³-hybridized carbons (Fsp3) is 0.571. The molecule has 0 N–H and O–H groups in total. The number of methoxy groups -OCH3 is 1.